The van der Waals surface area contributed by atoms with Crippen LogP contribution < -0.4 is 4.72 Å². The summed E-state index contributed by atoms with van der Waals surface area (Å²) in [5.41, 5.74) is 0.325. The lowest BCUT2D eigenvalue weighted by molar-refractivity contribution is -0.139. The number of pyridine rings is 1. The number of rotatable bonds is 6. The SMILES string of the molecule is CC(C)C[C@@H](NS(=O)(=O)c1cccc2cccnc12)C(=O)O. The fourth-order valence-corrected chi connectivity index (χ4v) is 3.60. The van der Waals surface area contributed by atoms with Gasteiger partial charge in [0.25, 0.3) is 0 Å². The first-order valence-corrected chi connectivity index (χ1v) is 8.38. The molecular weight excluding hydrogens is 304 g/mol. The monoisotopic (exact) mass is 322 g/mol. The van der Waals surface area contributed by atoms with Crippen molar-refractivity contribution in [2.75, 3.05) is 0 Å². The number of hydrogen-bond acceptors (Lipinski definition) is 4. The minimum Gasteiger partial charge on any atom is -0.480 e. The van der Waals surface area contributed by atoms with Gasteiger partial charge in [0.05, 0.1) is 5.52 Å². The van der Waals surface area contributed by atoms with Crippen molar-refractivity contribution in [3.63, 3.8) is 0 Å². The van der Waals surface area contributed by atoms with Gasteiger partial charge < -0.3 is 5.11 Å². The molecule has 2 aromatic rings. The molecule has 0 aliphatic rings. The van der Waals surface area contributed by atoms with Crippen molar-refractivity contribution in [3.8, 4) is 0 Å². The van der Waals surface area contributed by atoms with Crippen LogP contribution in [0.25, 0.3) is 10.9 Å². The van der Waals surface area contributed by atoms with Crippen molar-refractivity contribution in [2.24, 2.45) is 5.92 Å². The number of carboxylic acid groups (broad SMARTS) is 1. The lowest BCUT2D eigenvalue weighted by Gasteiger charge is -2.17. The van der Waals surface area contributed by atoms with E-state index in [0.717, 1.165) is 0 Å². The first-order chi connectivity index (χ1) is 10.3. The van der Waals surface area contributed by atoms with E-state index in [0.29, 0.717) is 10.9 Å². The highest BCUT2D eigenvalue weighted by Gasteiger charge is 2.27. The van der Waals surface area contributed by atoms with Crippen LogP contribution in [0.15, 0.2) is 41.4 Å². The summed E-state index contributed by atoms with van der Waals surface area (Å²) in [7, 11) is -3.97. The van der Waals surface area contributed by atoms with Gasteiger partial charge in [-0.1, -0.05) is 32.0 Å². The number of sulfonamides is 1. The van der Waals surface area contributed by atoms with Gasteiger partial charge in [-0.25, -0.2) is 8.42 Å². The molecule has 1 atom stereocenters. The van der Waals surface area contributed by atoms with Crippen molar-refractivity contribution in [1.29, 1.82) is 0 Å². The summed E-state index contributed by atoms with van der Waals surface area (Å²) in [6.45, 7) is 3.67. The van der Waals surface area contributed by atoms with Crippen LogP contribution in [0, 0.1) is 5.92 Å². The third-order valence-electron chi connectivity index (χ3n) is 3.19. The van der Waals surface area contributed by atoms with Crippen LogP contribution in [-0.2, 0) is 14.8 Å². The molecule has 0 amide bonds. The highest BCUT2D eigenvalue weighted by atomic mass is 32.2. The van der Waals surface area contributed by atoms with Gasteiger partial charge in [0.2, 0.25) is 10.0 Å². The van der Waals surface area contributed by atoms with E-state index in [1.807, 2.05) is 13.8 Å². The number of aliphatic carboxylic acids is 1. The Labute approximate surface area is 129 Å². The smallest absolute Gasteiger partial charge is 0.321 e. The van der Waals surface area contributed by atoms with E-state index in [-0.39, 0.29) is 17.2 Å². The molecule has 0 unspecified atom stereocenters. The van der Waals surface area contributed by atoms with Gasteiger partial charge in [0, 0.05) is 11.6 Å². The molecule has 0 fully saturated rings. The summed E-state index contributed by atoms with van der Waals surface area (Å²) < 4.78 is 27.3. The van der Waals surface area contributed by atoms with Crippen LogP contribution in [0.2, 0.25) is 0 Å². The molecule has 0 aliphatic carbocycles. The van der Waals surface area contributed by atoms with Gasteiger partial charge in [-0.3, -0.25) is 9.78 Å². The van der Waals surface area contributed by atoms with Crippen molar-refractivity contribution >= 4 is 26.9 Å². The lowest BCUT2D eigenvalue weighted by Crippen LogP contribution is -2.41. The summed E-state index contributed by atoms with van der Waals surface area (Å²) in [4.78, 5) is 15.3. The fraction of sp³-hybridized carbons (Fsp3) is 0.333. The van der Waals surface area contributed by atoms with Crippen LogP contribution in [0.5, 0.6) is 0 Å². The standard InChI is InChI=1S/C15H18N2O4S/c1-10(2)9-12(15(18)19)17-22(20,21)13-7-3-5-11-6-4-8-16-14(11)13/h3-8,10,12,17H,9H2,1-2H3,(H,18,19)/t12-/m1/s1. The molecule has 0 bridgehead atoms. The number of nitrogens with one attached hydrogen (secondary N) is 1. The maximum atomic E-state index is 12.5. The Morgan fingerprint density at radius 3 is 2.59 bits per heavy atom. The molecule has 2 rings (SSSR count). The number of para-hydroxylation sites is 1. The zero-order valence-corrected chi connectivity index (χ0v) is 13.2. The average Bonchev–Trinajstić information content (AvgIpc) is 2.45. The zero-order valence-electron chi connectivity index (χ0n) is 12.4. The molecule has 2 N–H and O–H groups in total. The third kappa shape index (κ3) is 3.61. The van der Waals surface area contributed by atoms with Crippen molar-refractivity contribution in [3.05, 3.63) is 36.5 Å². The van der Waals surface area contributed by atoms with E-state index < -0.39 is 22.0 Å². The van der Waals surface area contributed by atoms with E-state index >= 15 is 0 Å². The number of carbonyl (C=O) groups is 1. The topological polar surface area (TPSA) is 96.4 Å². The maximum absolute atomic E-state index is 12.5. The van der Waals surface area contributed by atoms with Gasteiger partial charge >= 0.3 is 5.97 Å². The molecular formula is C15H18N2O4S. The minimum atomic E-state index is -3.97. The predicted molar refractivity (Wildman–Crippen MR) is 82.9 cm³/mol. The van der Waals surface area contributed by atoms with Crippen molar-refractivity contribution in [2.45, 2.75) is 31.2 Å². The van der Waals surface area contributed by atoms with E-state index in [4.69, 9.17) is 0 Å². The van der Waals surface area contributed by atoms with Crippen LogP contribution in [0.4, 0.5) is 0 Å². The maximum Gasteiger partial charge on any atom is 0.321 e. The third-order valence-corrected chi connectivity index (χ3v) is 4.69. The Morgan fingerprint density at radius 1 is 1.27 bits per heavy atom. The predicted octanol–water partition coefficient (Wildman–Crippen LogP) is 2.01. The zero-order chi connectivity index (χ0) is 16.3. The molecule has 0 saturated carbocycles. The highest BCUT2D eigenvalue weighted by Crippen LogP contribution is 2.21. The van der Waals surface area contributed by atoms with Crippen LogP contribution in [0.1, 0.15) is 20.3 Å². The minimum absolute atomic E-state index is 0.0133. The van der Waals surface area contributed by atoms with Gasteiger partial charge in [0.15, 0.2) is 0 Å². The highest BCUT2D eigenvalue weighted by molar-refractivity contribution is 7.89. The summed E-state index contributed by atoms with van der Waals surface area (Å²) in [5.74, 6) is -1.14. The summed E-state index contributed by atoms with van der Waals surface area (Å²) >= 11 is 0. The lowest BCUT2D eigenvalue weighted by atomic mass is 10.1. The van der Waals surface area contributed by atoms with E-state index in [9.17, 15) is 18.3 Å². The Hall–Kier alpha value is -1.99. The molecule has 1 heterocycles. The molecule has 0 saturated heterocycles. The summed E-state index contributed by atoms with van der Waals surface area (Å²) in [6, 6.07) is 7.09. The second kappa shape index (κ2) is 6.41. The second-order valence-corrected chi connectivity index (χ2v) is 7.16. The Morgan fingerprint density at radius 2 is 1.95 bits per heavy atom. The van der Waals surface area contributed by atoms with E-state index in [1.54, 1.807) is 24.3 Å². The molecule has 0 spiro atoms. The first kappa shape index (κ1) is 16.4. The van der Waals surface area contributed by atoms with Crippen LogP contribution in [0.3, 0.4) is 0 Å². The number of fused-ring (bicyclic) bond motifs is 1. The summed E-state index contributed by atoms with van der Waals surface area (Å²) in [6.07, 6.45) is 1.72. The van der Waals surface area contributed by atoms with Crippen LogP contribution in [-0.4, -0.2) is 30.5 Å². The summed E-state index contributed by atoms with van der Waals surface area (Å²) in [5, 5.41) is 9.88. The molecule has 118 valence electrons. The number of benzene rings is 1. The number of nitrogens with zero attached hydrogens (tertiary/aromatic N) is 1. The molecule has 0 aliphatic heterocycles. The molecule has 0 radical (unpaired) electrons. The first-order valence-electron chi connectivity index (χ1n) is 6.90. The van der Waals surface area contributed by atoms with Crippen LogP contribution >= 0.6 is 0 Å². The van der Waals surface area contributed by atoms with Gasteiger partial charge in [-0.2, -0.15) is 4.72 Å². The van der Waals surface area contributed by atoms with E-state index in [1.165, 1.54) is 12.3 Å². The average molecular weight is 322 g/mol. The molecule has 1 aromatic heterocycles. The quantitative estimate of drug-likeness (QED) is 0.848. The number of carboxylic acids is 1. The second-order valence-electron chi connectivity index (χ2n) is 5.47. The Kier molecular flexibility index (Phi) is 4.77. The molecule has 6 nitrogen and oxygen atoms in total. The fourth-order valence-electron chi connectivity index (χ4n) is 2.21. The molecule has 22 heavy (non-hydrogen) atoms. The Bertz CT molecular complexity index is 782. The molecule has 7 heteroatoms. The van der Waals surface area contributed by atoms with Gasteiger partial charge in [-0.15, -0.1) is 0 Å². The number of hydrogen-bond donors (Lipinski definition) is 2. The van der Waals surface area contributed by atoms with E-state index in [2.05, 4.69) is 9.71 Å². The van der Waals surface area contributed by atoms with Gasteiger partial charge in [-0.05, 0) is 24.5 Å². The van der Waals surface area contributed by atoms with Gasteiger partial charge in [0.1, 0.15) is 10.9 Å². The largest absolute Gasteiger partial charge is 0.480 e. The number of aromatic nitrogens is 1. The Balaban J connectivity index is 2.42. The molecule has 1 aromatic carbocycles. The normalized spacial score (nSPS) is 13.4. The van der Waals surface area contributed by atoms with Crippen molar-refractivity contribution < 1.29 is 18.3 Å². The van der Waals surface area contributed by atoms with Crippen molar-refractivity contribution in [1.82, 2.24) is 9.71 Å².